The fraction of sp³-hybridized carbons (Fsp3) is 0.0455. The fourth-order valence-corrected chi connectivity index (χ4v) is 3.25. The van der Waals surface area contributed by atoms with Gasteiger partial charge < -0.3 is 15.6 Å². The summed E-state index contributed by atoms with van der Waals surface area (Å²) in [6, 6.07) is 17.4. The largest absolute Gasteiger partial charge is 0.399 e. The minimum atomic E-state index is -0.658. The van der Waals surface area contributed by atoms with Crippen molar-refractivity contribution in [2.24, 2.45) is 7.05 Å². The average Bonchev–Trinajstić information content (AvgIpc) is 2.98. The second kappa shape index (κ2) is 6.81. The van der Waals surface area contributed by atoms with Gasteiger partial charge in [0.2, 0.25) is 0 Å². The molecule has 28 heavy (non-hydrogen) atoms. The van der Waals surface area contributed by atoms with Crippen molar-refractivity contribution in [1.82, 2.24) is 4.57 Å². The second-order valence-electron chi connectivity index (χ2n) is 6.57. The molecule has 0 aliphatic carbocycles. The topological polar surface area (TPSA) is 60.0 Å². The van der Waals surface area contributed by atoms with Crippen LogP contribution in [0.25, 0.3) is 22.0 Å². The smallest absolute Gasteiger partial charge is 0.272 e. The van der Waals surface area contributed by atoms with Crippen molar-refractivity contribution in [2.45, 2.75) is 0 Å². The first-order valence-electron chi connectivity index (χ1n) is 8.64. The Morgan fingerprint density at radius 1 is 1.00 bits per heavy atom. The fourth-order valence-electron chi connectivity index (χ4n) is 3.25. The van der Waals surface area contributed by atoms with Crippen molar-refractivity contribution in [1.29, 1.82) is 0 Å². The van der Waals surface area contributed by atoms with Gasteiger partial charge in [-0.1, -0.05) is 18.2 Å². The maximum atomic E-state index is 14.1. The van der Waals surface area contributed by atoms with E-state index in [1.807, 2.05) is 12.1 Å². The number of carbonyl (C=O) groups excluding carboxylic acids is 1. The highest BCUT2D eigenvalue weighted by molar-refractivity contribution is 6.06. The molecule has 0 aliphatic heterocycles. The minimum absolute atomic E-state index is 0.262. The Bertz CT molecular complexity index is 1210. The molecule has 1 amide bonds. The Kier molecular flexibility index (Phi) is 4.31. The number of hydrogen-bond acceptors (Lipinski definition) is 2. The first-order valence-corrected chi connectivity index (χ1v) is 8.64. The number of aryl methyl sites for hydroxylation is 1. The maximum Gasteiger partial charge on any atom is 0.272 e. The molecular formula is C22H17F2N3O. The Hall–Kier alpha value is -3.67. The lowest BCUT2D eigenvalue weighted by molar-refractivity contribution is 0.102. The van der Waals surface area contributed by atoms with E-state index < -0.39 is 11.6 Å². The van der Waals surface area contributed by atoms with Gasteiger partial charge in [-0.2, -0.15) is 0 Å². The lowest BCUT2D eigenvalue weighted by Crippen LogP contribution is -2.15. The van der Waals surface area contributed by atoms with Crippen molar-refractivity contribution >= 4 is 28.2 Å². The van der Waals surface area contributed by atoms with E-state index in [1.165, 1.54) is 12.1 Å². The van der Waals surface area contributed by atoms with Gasteiger partial charge in [0.1, 0.15) is 17.3 Å². The maximum absolute atomic E-state index is 14.1. The highest BCUT2D eigenvalue weighted by Gasteiger charge is 2.14. The first-order chi connectivity index (χ1) is 13.4. The lowest BCUT2D eigenvalue weighted by Gasteiger charge is -2.09. The summed E-state index contributed by atoms with van der Waals surface area (Å²) in [5.74, 6) is -1.59. The van der Waals surface area contributed by atoms with Crippen LogP contribution in [-0.4, -0.2) is 10.5 Å². The molecule has 0 aliphatic rings. The minimum Gasteiger partial charge on any atom is -0.399 e. The quantitative estimate of drug-likeness (QED) is 0.496. The van der Waals surface area contributed by atoms with Crippen LogP contribution in [0.2, 0.25) is 0 Å². The van der Waals surface area contributed by atoms with Crippen molar-refractivity contribution in [3.05, 3.63) is 84.1 Å². The van der Waals surface area contributed by atoms with Gasteiger partial charge in [0.15, 0.2) is 0 Å². The Morgan fingerprint density at radius 3 is 2.61 bits per heavy atom. The number of nitrogens with zero attached hydrogens (tertiary/aromatic N) is 1. The van der Waals surface area contributed by atoms with E-state index in [-0.39, 0.29) is 11.5 Å². The number of anilines is 2. The molecule has 0 fully saturated rings. The van der Waals surface area contributed by atoms with Crippen LogP contribution >= 0.6 is 0 Å². The van der Waals surface area contributed by atoms with Gasteiger partial charge in [-0.25, -0.2) is 8.78 Å². The van der Waals surface area contributed by atoms with Crippen LogP contribution in [0.3, 0.4) is 0 Å². The van der Waals surface area contributed by atoms with Crippen molar-refractivity contribution in [2.75, 3.05) is 11.1 Å². The summed E-state index contributed by atoms with van der Waals surface area (Å²) in [6.45, 7) is 0. The van der Waals surface area contributed by atoms with Crippen molar-refractivity contribution in [3.8, 4) is 11.1 Å². The summed E-state index contributed by atoms with van der Waals surface area (Å²) in [5.41, 5.74) is 9.09. The molecule has 3 aromatic carbocycles. The SMILES string of the molecule is Cn1c(C(=O)Nc2cccc(-c3ccc(F)cc3F)c2)cc2ccc(N)cc21. The van der Waals surface area contributed by atoms with Crippen LogP contribution in [0.15, 0.2) is 66.7 Å². The van der Waals surface area contributed by atoms with Gasteiger partial charge in [0, 0.05) is 35.4 Å². The van der Waals surface area contributed by atoms with Crippen LogP contribution in [0.1, 0.15) is 10.5 Å². The van der Waals surface area contributed by atoms with E-state index in [1.54, 1.807) is 48.0 Å². The predicted molar refractivity (Wildman–Crippen MR) is 107 cm³/mol. The van der Waals surface area contributed by atoms with Gasteiger partial charge in [0.25, 0.3) is 5.91 Å². The highest BCUT2D eigenvalue weighted by atomic mass is 19.1. The predicted octanol–water partition coefficient (Wildman–Crippen LogP) is 4.96. The second-order valence-corrected chi connectivity index (χ2v) is 6.57. The van der Waals surface area contributed by atoms with E-state index in [2.05, 4.69) is 5.32 Å². The third-order valence-corrected chi connectivity index (χ3v) is 4.66. The van der Waals surface area contributed by atoms with Crippen LogP contribution < -0.4 is 11.1 Å². The number of halogens is 2. The summed E-state index contributed by atoms with van der Waals surface area (Å²) < 4.78 is 29.0. The molecule has 0 spiro atoms. The molecular weight excluding hydrogens is 360 g/mol. The normalized spacial score (nSPS) is 11.0. The molecule has 0 saturated heterocycles. The van der Waals surface area contributed by atoms with E-state index in [0.717, 1.165) is 17.0 Å². The third kappa shape index (κ3) is 3.20. The van der Waals surface area contributed by atoms with E-state index >= 15 is 0 Å². The van der Waals surface area contributed by atoms with E-state index in [4.69, 9.17) is 5.73 Å². The Balaban J connectivity index is 1.65. The molecule has 0 atom stereocenters. The monoisotopic (exact) mass is 377 g/mol. The first kappa shape index (κ1) is 17.7. The van der Waals surface area contributed by atoms with E-state index in [0.29, 0.717) is 22.6 Å². The molecule has 0 bridgehead atoms. The zero-order valence-corrected chi connectivity index (χ0v) is 15.0. The number of amides is 1. The molecule has 0 unspecified atom stereocenters. The van der Waals surface area contributed by atoms with Gasteiger partial charge in [-0.3, -0.25) is 4.79 Å². The molecule has 1 heterocycles. The molecule has 3 N–H and O–H groups in total. The number of nitrogen functional groups attached to an aromatic ring is 1. The Morgan fingerprint density at radius 2 is 1.82 bits per heavy atom. The third-order valence-electron chi connectivity index (χ3n) is 4.66. The lowest BCUT2D eigenvalue weighted by atomic mass is 10.0. The number of hydrogen-bond donors (Lipinski definition) is 2. The van der Waals surface area contributed by atoms with Gasteiger partial charge in [-0.15, -0.1) is 0 Å². The number of benzene rings is 3. The van der Waals surface area contributed by atoms with Crippen LogP contribution in [0, 0.1) is 11.6 Å². The summed E-state index contributed by atoms with van der Waals surface area (Å²) in [6.07, 6.45) is 0. The van der Waals surface area contributed by atoms with Crippen molar-refractivity contribution in [3.63, 3.8) is 0 Å². The molecule has 1 aromatic heterocycles. The number of aromatic nitrogens is 1. The Labute approximate surface area is 160 Å². The van der Waals surface area contributed by atoms with Gasteiger partial charge >= 0.3 is 0 Å². The molecule has 6 heteroatoms. The van der Waals surface area contributed by atoms with Crippen LogP contribution in [0.5, 0.6) is 0 Å². The molecule has 140 valence electrons. The van der Waals surface area contributed by atoms with Crippen LogP contribution in [-0.2, 0) is 7.05 Å². The summed E-state index contributed by atoms with van der Waals surface area (Å²) in [5, 5.41) is 3.73. The highest BCUT2D eigenvalue weighted by Crippen LogP contribution is 2.27. The molecule has 0 radical (unpaired) electrons. The summed E-state index contributed by atoms with van der Waals surface area (Å²) >= 11 is 0. The van der Waals surface area contributed by atoms with Gasteiger partial charge in [-0.05, 0) is 48.0 Å². The number of carbonyl (C=O) groups is 1. The number of rotatable bonds is 3. The standard InChI is InChI=1S/C22H17F2N3O/c1-27-20-12-16(25)7-5-14(20)10-21(27)22(28)26-17-4-2-3-13(9-17)18-8-6-15(23)11-19(18)24/h2-12H,25H2,1H3,(H,26,28). The zero-order chi connectivity index (χ0) is 19.8. The summed E-state index contributed by atoms with van der Waals surface area (Å²) in [4.78, 5) is 12.8. The summed E-state index contributed by atoms with van der Waals surface area (Å²) in [7, 11) is 1.79. The average molecular weight is 377 g/mol. The number of nitrogens with one attached hydrogen (secondary N) is 1. The molecule has 0 saturated carbocycles. The molecule has 4 aromatic rings. The zero-order valence-electron chi connectivity index (χ0n) is 15.0. The molecule has 4 nitrogen and oxygen atoms in total. The van der Waals surface area contributed by atoms with Crippen LogP contribution in [0.4, 0.5) is 20.2 Å². The molecule has 4 rings (SSSR count). The number of nitrogens with two attached hydrogens (primary N) is 1. The number of fused-ring (bicyclic) bond motifs is 1. The van der Waals surface area contributed by atoms with E-state index in [9.17, 15) is 13.6 Å². The van der Waals surface area contributed by atoms with Crippen molar-refractivity contribution < 1.29 is 13.6 Å². The van der Waals surface area contributed by atoms with Gasteiger partial charge in [0.05, 0.1) is 5.52 Å².